The van der Waals surface area contributed by atoms with Crippen LogP contribution in [0.4, 0.5) is 10.6 Å². The molecule has 1 aromatic carbocycles. The van der Waals surface area contributed by atoms with Gasteiger partial charge in [-0.1, -0.05) is 0 Å². The molecule has 5 rings (SSSR count). The van der Waals surface area contributed by atoms with E-state index in [-0.39, 0.29) is 12.2 Å². The second kappa shape index (κ2) is 10.9. The number of benzene rings is 1. The van der Waals surface area contributed by atoms with Crippen molar-refractivity contribution in [2.45, 2.75) is 64.2 Å². The Morgan fingerprint density at radius 3 is 2.45 bits per heavy atom. The third-order valence-corrected chi connectivity index (χ3v) is 7.90. The van der Waals surface area contributed by atoms with E-state index >= 15 is 0 Å². The van der Waals surface area contributed by atoms with Crippen LogP contribution in [0.1, 0.15) is 46.5 Å². The minimum atomic E-state index is -0.529. The Morgan fingerprint density at radius 1 is 1.11 bits per heavy atom. The van der Waals surface area contributed by atoms with Crippen LogP contribution in [-0.2, 0) is 4.74 Å². The van der Waals surface area contributed by atoms with Gasteiger partial charge in [0.1, 0.15) is 33.8 Å². The highest BCUT2D eigenvalue weighted by atomic mass is 79.9. The van der Waals surface area contributed by atoms with E-state index in [0.717, 1.165) is 41.5 Å². The quantitative estimate of drug-likeness (QED) is 0.462. The molecule has 1 atom stereocenters. The van der Waals surface area contributed by atoms with Gasteiger partial charge in [0.05, 0.1) is 18.6 Å². The number of likely N-dealkylation sites (tertiary alicyclic amines) is 1. The van der Waals surface area contributed by atoms with Crippen LogP contribution in [0.15, 0.2) is 10.5 Å². The second-order valence-electron chi connectivity index (χ2n) is 11.3. The fourth-order valence-electron chi connectivity index (χ4n) is 4.86. The van der Waals surface area contributed by atoms with Crippen molar-refractivity contribution in [1.82, 2.24) is 19.8 Å². The maximum absolute atomic E-state index is 12.6. The minimum absolute atomic E-state index is 0.175. The van der Waals surface area contributed by atoms with E-state index in [1.54, 1.807) is 12.0 Å². The molecular formula is C27H38BrN5O5. The van der Waals surface area contributed by atoms with Gasteiger partial charge in [0, 0.05) is 32.2 Å². The Morgan fingerprint density at radius 2 is 1.84 bits per heavy atom. The maximum atomic E-state index is 12.6. The largest absolute Gasteiger partial charge is 0.495 e. The number of hydrogen-bond donors (Lipinski definition) is 0. The Bertz CT molecular complexity index is 1180. The molecule has 2 aliphatic heterocycles. The van der Waals surface area contributed by atoms with Gasteiger partial charge in [-0.2, -0.15) is 9.97 Å². The first-order chi connectivity index (χ1) is 18.1. The molecular weight excluding hydrogens is 554 g/mol. The van der Waals surface area contributed by atoms with Crippen molar-refractivity contribution in [3.8, 4) is 17.5 Å². The number of aromatic nitrogens is 2. The fourth-order valence-corrected chi connectivity index (χ4v) is 5.41. The van der Waals surface area contributed by atoms with E-state index in [1.165, 1.54) is 6.42 Å². The summed E-state index contributed by atoms with van der Waals surface area (Å²) in [7, 11) is 3.77. The molecule has 0 radical (unpaired) electrons. The zero-order chi connectivity index (χ0) is 27.0. The van der Waals surface area contributed by atoms with Gasteiger partial charge in [0.2, 0.25) is 0 Å². The number of hydrogen-bond acceptors (Lipinski definition) is 9. The number of halogens is 1. The molecule has 1 saturated carbocycles. The molecule has 38 heavy (non-hydrogen) atoms. The third-order valence-electron chi connectivity index (χ3n) is 7.15. The normalized spacial score (nSPS) is 20.6. The molecule has 2 aromatic rings. The highest BCUT2D eigenvalue weighted by Crippen LogP contribution is 2.45. The number of likely N-dealkylation sites (N-methyl/N-ethyl adjacent to an activating group) is 1. The summed E-state index contributed by atoms with van der Waals surface area (Å²) in [5.74, 6) is 2.06. The van der Waals surface area contributed by atoms with Crippen molar-refractivity contribution < 1.29 is 23.7 Å². The Kier molecular flexibility index (Phi) is 7.77. The van der Waals surface area contributed by atoms with E-state index < -0.39 is 5.60 Å². The van der Waals surface area contributed by atoms with Gasteiger partial charge >= 0.3 is 12.1 Å². The van der Waals surface area contributed by atoms with Gasteiger partial charge in [-0.15, -0.1) is 0 Å². The van der Waals surface area contributed by atoms with Crippen molar-refractivity contribution in [3.05, 3.63) is 10.5 Å². The second-order valence-corrected chi connectivity index (χ2v) is 12.1. The van der Waals surface area contributed by atoms with Crippen molar-refractivity contribution >= 4 is 38.7 Å². The number of carbonyl (C=O) groups excluding carboxylic acids is 1. The first-order valence-electron chi connectivity index (χ1n) is 13.4. The Balaban J connectivity index is 1.47. The van der Waals surface area contributed by atoms with Gasteiger partial charge in [-0.3, -0.25) is 0 Å². The number of fused-ring (bicyclic) bond motifs is 1. The molecule has 1 aromatic heterocycles. The summed E-state index contributed by atoms with van der Waals surface area (Å²) in [4.78, 5) is 28.6. The lowest BCUT2D eigenvalue weighted by Gasteiger charge is -2.36. The zero-order valence-electron chi connectivity index (χ0n) is 23.0. The summed E-state index contributed by atoms with van der Waals surface area (Å²) in [6, 6.07) is 2.63. The van der Waals surface area contributed by atoms with Gasteiger partial charge in [-0.25, -0.2) is 4.79 Å². The molecule has 3 aliphatic rings. The Labute approximate surface area is 232 Å². The van der Waals surface area contributed by atoms with E-state index in [1.807, 2.05) is 26.8 Å². The number of methoxy groups -OCH3 is 1. The monoisotopic (exact) mass is 591 g/mol. The van der Waals surface area contributed by atoms with Gasteiger partial charge in [0.25, 0.3) is 0 Å². The van der Waals surface area contributed by atoms with E-state index in [9.17, 15) is 4.79 Å². The van der Waals surface area contributed by atoms with Gasteiger partial charge < -0.3 is 33.6 Å². The number of piperazine rings is 1. The van der Waals surface area contributed by atoms with Gasteiger partial charge in [-0.05, 0) is 82.0 Å². The maximum Gasteiger partial charge on any atom is 0.410 e. The highest BCUT2D eigenvalue weighted by Gasteiger charge is 2.31. The van der Waals surface area contributed by atoms with E-state index in [0.29, 0.717) is 61.9 Å². The third kappa shape index (κ3) is 6.03. The molecule has 0 unspecified atom stereocenters. The SMILES string of the molecule is COc1cc2c(N3CCN(C(=O)OC(C)(C)C)CC3)nc(OC[C@@H]3CCCN3C)nc2c(OC2CC2)c1Br. The molecule has 0 spiro atoms. The standard InChI is InChI=1S/C27H38BrN5O5/c1-27(2,3)38-26(34)33-13-11-32(12-14-33)24-19-15-20(35-5)21(28)23(37-18-8-9-18)22(19)29-25(30-24)36-16-17-7-6-10-31(17)4/h15,17-18H,6-14,16H2,1-5H3/t17-/m0/s1. The number of amides is 1. The van der Waals surface area contributed by atoms with Crippen LogP contribution >= 0.6 is 15.9 Å². The lowest BCUT2D eigenvalue weighted by Crippen LogP contribution is -2.50. The lowest BCUT2D eigenvalue weighted by molar-refractivity contribution is 0.0240. The van der Waals surface area contributed by atoms with Crippen molar-refractivity contribution in [3.63, 3.8) is 0 Å². The number of nitrogens with zero attached hydrogens (tertiary/aromatic N) is 5. The van der Waals surface area contributed by atoms with Gasteiger partial charge in [0.15, 0.2) is 5.75 Å². The molecule has 208 valence electrons. The predicted octanol–water partition coefficient (Wildman–Crippen LogP) is 4.47. The molecule has 10 nitrogen and oxygen atoms in total. The van der Waals surface area contributed by atoms with Crippen LogP contribution in [0.3, 0.4) is 0 Å². The summed E-state index contributed by atoms with van der Waals surface area (Å²) in [6.45, 7) is 9.52. The van der Waals surface area contributed by atoms with Crippen LogP contribution < -0.4 is 19.1 Å². The zero-order valence-corrected chi connectivity index (χ0v) is 24.5. The molecule has 3 heterocycles. The summed E-state index contributed by atoms with van der Waals surface area (Å²) in [5, 5.41) is 0.830. The van der Waals surface area contributed by atoms with Crippen molar-refractivity contribution in [2.75, 3.05) is 58.4 Å². The van der Waals surface area contributed by atoms with E-state index in [2.05, 4.69) is 32.8 Å². The first kappa shape index (κ1) is 27.1. The molecule has 2 saturated heterocycles. The number of ether oxygens (including phenoxy) is 4. The van der Waals surface area contributed by atoms with Crippen LogP contribution in [0.5, 0.6) is 17.5 Å². The smallest absolute Gasteiger partial charge is 0.410 e. The summed E-state index contributed by atoms with van der Waals surface area (Å²) in [6.07, 6.45) is 4.19. The molecule has 3 fully saturated rings. The molecule has 1 aliphatic carbocycles. The number of anilines is 1. The summed E-state index contributed by atoms with van der Waals surface area (Å²) in [5.41, 5.74) is 0.164. The molecule has 0 bridgehead atoms. The first-order valence-corrected chi connectivity index (χ1v) is 14.2. The van der Waals surface area contributed by atoms with Crippen LogP contribution in [0.2, 0.25) is 0 Å². The minimum Gasteiger partial charge on any atom is -0.495 e. The number of carbonyl (C=O) groups is 1. The molecule has 1 amide bonds. The van der Waals surface area contributed by atoms with Crippen molar-refractivity contribution in [1.29, 1.82) is 0 Å². The van der Waals surface area contributed by atoms with Crippen LogP contribution in [-0.4, -0.2) is 97.1 Å². The van der Waals surface area contributed by atoms with Crippen LogP contribution in [0, 0.1) is 0 Å². The topological polar surface area (TPSA) is 89.5 Å². The highest BCUT2D eigenvalue weighted by molar-refractivity contribution is 9.10. The lowest BCUT2D eigenvalue weighted by atomic mass is 10.1. The summed E-state index contributed by atoms with van der Waals surface area (Å²) >= 11 is 3.68. The summed E-state index contributed by atoms with van der Waals surface area (Å²) < 4.78 is 24.5. The molecule has 11 heteroatoms. The van der Waals surface area contributed by atoms with Crippen molar-refractivity contribution in [2.24, 2.45) is 0 Å². The Hall–Kier alpha value is -2.53. The number of rotatable bonds is 7. The van der Waals surface area contributed by atoms with E-state index in [4.69, 9.17) is 28.9 Å². The molecule has 0 N–H and O–H groups in total. The van der Waals surface area contributed by atoms with Crippen LogP contribution in [0.25, 0.3) is 10.9 Å². The average molecular weight is 593 g/mol. The fraction of sp³-hybridized carbons (Fsp3) is 0.667. The predicted molar refractivity (Wildman–Crippen MR) is 149 cm³/mol. The average Bonchev–Trinajstić information content (AvgIpc) is 3.61.